The molecule has 5 heteroatoms. The average Bonchev–Trinajstić information content (AvgIpc) is 3.51. The summed E-state index contributed by atoms with van der Waals surface area (Å²) in [6.45, 7) is 0. The summed E-state index contributed by atoms with van der Waals surface area (Å²) in [5, 5.41) is 13.7. The Morgan fingerprint density at radius 3 is 1.25 bits per heavy atom. The van der Waals surface area contributed by atoms with Gasteiger partial charge in [0.15, 0.2) is 5.60 Å². The van der Waals surface area contributed by atoms with Gasteiger partial charge in [0, 0.05) is 16.2 Å². The molecule has 196 valence electrons. The van der Waals surface area contributed by atoms with Crippen molar-refractivity contribution >= 4 is 23.2 Å². The predicted octanol–water partition coefficient (Wildman–Crippen LogP) is 8.31. The van der Waals surface area contributed by atoms with E-state index in [1.54, 1.807) is 30.6 Å². The van der Waals surface area contributed by atoms with Crippen molar-refractivity contribution in [1.29, 1.82) is 0 Å². The standard InChI is InChI=1S/C35H26Cl2N2O/c36-31-20-16-29(17-21-31)35(40,30-18-22-32(37)23-19-30)33-24-39(25-38-33)34(26-10-4-1-5-11-26,27-12-6-2-7-13-27)28-14-8-3-9-15-28/h1-25,40H. The second-order valence-corrected chi connectivity index (χ2v) is 10.6. The number of halogens is 2. The van der Waals surface area contributed by atoms with E-state index >= 15 is 0 Å². The summed E-state index contributed by atoms with van der Waals surface area (Å²) >= 11 is 12.4. The number of rotatable bonds is 7. The third-order valence-corrected chi connectivity index (χ3v) is 7.94. The summed E-state index contributed by atoms with van der Waals surface area (Å²) in [5.41, 5.74) is 2.66. The summed E-state index contributed by atoms with van der Waals surface area (Å²) in [6.07, 6.45) is 3.75. The van der Waals surface area contributed by atoms with E-state index in [1.807, 2.05) is 85.1 Å². The molecule has 0 amide bonds. The zero-order chi connectivity index (χ0) is 27.6. The van der Waals surface area contributed by atoms with Gasteiger partial charge < -0.3 is 9.67 Å². The largest absolute Gasteiger partial charge is 0.374 e. The monoisotopic (exact) mass is 560 g/mol. The molecule has 0 saturated carbocycles. The van der Waals surface area contributed by atoms with Gasteiger partial charge in [-0.2, -0.15) is 0 Å². The van der Waals surface area contributed by atoms with Gasteiger partial charge >= 0.3 is 0 Å². The Morgan fingerprint density at radius 1 is 0.500 bits per heavy atom. The highest BCUT2D eigenvalue weighted by Gasteiger charge is 2.41. The van der Waals surface area contributed by atoms with Gasteiger partial charge in [-0.1, -0.05) is 138 Å². The SMILES string of the molecule is OC(c1ccc(Cl)cc1)(c1ccc(Cl)cc1)c1cn(C(c2ccccc2)(c2ccccc2)c2ccccc2)cn1. The molecule has 0 unspecified atom stereocenters. The van der Waals surface area contributed by atoms with E-state index in [1.165, 1.54) is 0 Å². The van der Waals surface area contributed by atoms with Crippen molar-refractivity contribution in [2.24, 2.45) is 0 Å². The van der Waals surface area contributed by atoms with Gasteiger partial charge in [-0.15, -0.1) is 0 Å². The van der Waals surface area contributed by atoms with Crippen molar-refractivity contribution in [2.75, 3.05) is 0 Å². The fraction of sp³-hybridized carbons (Fsp3) is 0.0571. The molecule has 0 aliphatic rings. The van der Waals surface area contributed by atoms with Gasteiger partial charge in [0.25, 0.3) is 0 Å². The molecule has 0 atom stereocenters. The third kappa shape index (κ3) is 4.43. The minimum absolute atomic E-state index is 0.476. The van der Waals surface area contributed by atoms with Gasteiger partial charge in [0.1, 0.15) is 5.54 Å². The minimum atomic E-state index is -1.56. The van der Waals surface area contributed by atoms with E-state index in [4.69, 9.17) is 28.2 Å². The van der Waals surface area contributed by atoms with Crippen LogP contribution in [0.2, 0.25) is 10.0 Å². The van der Waals surface area contributed by atoms with E-state index in [0.717, 1.165) is 16.7 Å². The van der Waals surface area contributed by atoms with Crippen LogP contribution in [0.1, 0.15) is 33.5 Å². The Balaban J connectivity index is 1.64. The second-order valence-electron chi connectivity index (χ2n) is 9.70. The topological polar surface area (TPSA) is 38.0 Å². The zero-order valence-corrected chi connectivity index (χ0v) is 23.0. The number of nitrogens with zero attached hydrogens (tertiary/aromatic N) is 2. The zero-order valence-electron chi connectivity index (χ0n) is 21.5. The van der Waals surface area contributed by atoms with Crippen LogP contribution < -0.4 is 0 Å². The molecule has 0 aliphatic heterocycles. The number of aromatic nitrogens is 2. The van der Waals surface area contributed by atoms with E-state index in [2.05, 4.69) is 41.0 Å². The van der Waals surface area contributed by atoms with E-state index < -0.39 is 11.1 Å². The van der Waals surface area contributed by atoms with E-state index in [9.17, 15) is 5.11 Å². The van der Waals surface area contributed by atoms with Crippen LogP contribution in [0, 0.1) is 0 Å². The quantitative estimate of drug-likeness (QED) is 0.199. The van der Waals surface area contributed by atoms with Crippen molar-refractivity contribution < 1.29 is 5.11 Å². The van der Waals surface area contributed by atoms with E-state index in [-0.39, 0.29) is 0 Å². The smallest absolute Gasteiger partial charge is 0.158 e. The highest BCUT2D eigenvalue weighted by Crippen LogP contribution is 2.43. The number of aliphatic hydroxyl groups is 1. The molecular weight excluding hydrogens is 535 g/mol. The van der Waals surface area contributed by atoms with Crippen LogP contribution in [0.4, 0.5) is 0 Å². The molecule has 6 aromatic rings. The van der Waals surface area contributed by atoms with Crippen LogP contribution in [0.15, 0.2) is 152 Å². The van der Waals surface area contributed by atoms with E-state index in [0.29, 0.717) is 26.9 Å². The van der Waals surface area contributed by atoms with Crippen LogP contribution in [0.25, 0.3) is 0 Å². The summed E-state index contributed by atoms with van der Waals surface area (Å²) in [4.78, 5) is 4.88. The first-order chi connectivity index (χ1) is 19.5. The molecule has 1 heterocycles. The number of hydrogen-bond donors (Lipinski definition) is 1. The fourth-order valence-electron chi connectivity index (χ4n) is 5.52. The lowest BCUT2D eigenvalue weighted by atomic mass is 9.76. The summed E-state index contributed by atoms with van der Waals surface area (Å²) in [6, 6.07) is 45.5. The first-order valence-electron chi connectivity index (χ1n) is 13.0. The molecule has 0 aliphatic carbocycles. The minimum Gasteiger partial charge on any atom is -0.374 e. The first kappa shape index (κ1) is 26.1. The molecule has 3 nitrogen and oxygen atoms in total. The molecule has 1 N–H and O–H groups in total. The fourth-order valence-corrected chi connectivity index (χ4v) is 5.77. The maximum Gasteiger partial charge on any atom is 0.158 e. The van der Waals surface area contributed by atoms with Gasteiger partial charge in [-0.05, 0) is 52.1 Å². The second kappa shape index (κ2) is 10.8. The molecule has 0 spiro atoms. The lowest BCUT2D eigenvalue weighted by Gasteiger charge is -2.37. The molecule has 6 rings (SSSR count). The highest BCUT2D eigenvalue weighted by molar-refractivity contribution is 6.30. The molecule has 1 aromatic heterocycles. The molecule has 0 radical (unpaired) electrons. The normalized spacial score (nSPS) is 11.9. The van der Waals surface area contributed by atoms with Crippen molar-refractivity contribution in [1.82, 2.24) is 9.55 Å². The number of benzene rings is 5. The summed E-state index contributed by atoms with van der Waals surface area (Å²) in [7, 11) is 0. The first-order valence-corrected chi connectivity index (χ1v) is 13.7. The molecule has 0 saturated heterocycles. The molecule has 0 fully saturated rings. The van der Waals surface area contributed by atoms with Gasteiger partial charge in [0.2, 0.25) is 0 Å². The van der Waals surface area contributed by atoms with Crippen molar-refractivity contribution in [3.05, 3.63) is 196 Å². The van der Waals surface area contributed by atoms with Crippen LogP contribution in [-0.2, 0) is 11.1 Å². The third-order valence-electron chi connectivity index (χ3n) is 7.44. The maximum atomic E-state index is 12.5. The Kier molecular flexibility index (Phi) is 7.03. The van der Waals surface area contributed by atoms with Gasteiger partial charge in [-0.25, -0.2) is 4.98 Å². The molecule has 5 aromatic carbocycles. The molecular formula is C35H26Cl2N2O. The van der Waals surface area contributed by atoms with Crippen LogP contribution in [0.5, 0.6) is 0 Å². The van der Waals surface area contributed by atoms with Crippen LogP contribution >= 0.6 is 23.2 Å². The lowest BCUT2D eigenvalue weighted by molar-refractivity contribution is 0.121. The highest BCUT2D eigenvalue weighted by atomic mass is 35.5. The Hall–Kier alpha value is -4.15. The summed E-state index contributed by atoms with van der Waals surface area (Å²) < 4.78 is 2.10. The van der Waals surface area contributed by atoms with Gasteiger partial charge in [-0.3, -0.25) is 0 Å². The average molecular weight is 562 g/mol. The lowest BCUT2D eigenvalue weighted by Crippen LogP contribution is -2.37. The van der Waals surface area contributed by atoms with Crippen molar-refractivity contribution in [3.8, 4) is 0 Å². The molecule has 40 heavy (non-hydrogen) atoms. The maximum absolute atomic E-state index is 12.5. The van der Waals surface area contributed by atoms with Crippen LogP contribution in [0.3, 0.4) is 0 Å². The van der Waals surface area contributed by atoms with Gasteiger partial charge in [0.05, 0.1) is 12.0 Å². The van der Waals surface area contributed by atoms with Crippen LogP contribution in [-0.4, -0.2) is 14.7 Å². The Morgan fingerprint density at radius 2 is 0.875 bits per heavy atom. The molecule has 0 bridgehead atoms. The number of hydrogen-bond acceptors (Lipinski definition) is 2. The Labute approximate surface area is 243 Å². The predicted molar refractivity (Wildman–Crippen MR) is 162 cm³/mol. The Bertz CT molecular complexity index is 1560. The van der Waals surface area contributed by atoms with Crippen molar-refractivity contribution in [3.63, 3.8) is 0 Å². The summed E-state index contributed by atoms with van der Waals surface area (Å²) in [5.74, 6) is 0. The van der Waals surface area contributed by atoms with Crippen molar-refractivity contribution in [2.45, 2.75) is 11.1 Å². The number of imidazole rings is 1.